The van der Waals surface area contributed by atoms with Crippen LogP contribution in [0.4, 0.5) is 10.8 Å². The van der Waals surface area contributed by atoms with Crippen LogP contribution in [0.5, 0.6) is 0 Å². The molecule has 4 rings (SSSR count). The summed E-state index contributed by atoms with van der Waals surface area (Å²) in [5.41, 5.74) is 2.58. The van der Waals surface area contributed by atoms with Gasteiger partial charge in [0, 0.05) is 18.1 Å². The van der Waals surface area contributed by atoms with Gasteiger partial charge in [-0.3, -0.25) is 9.69 Å². The molecule has 0 fully saturated rings. The van der Waals surface area contributed by atoms with Crippen LogP contribution in [-0.4, -0.2) is 31.1 Å². The summed E-state index contributed by atoms with van der Waals surface area (Å²) in [4.78, 5) is 18.4. The number of para-hydroxylation sites is 2. The summed E-state index contributed by atoms with van der Waals surface area (Å²) in [6.07, 6.45) is 0. The van der Waals surface area contributed by atoms with E-state index < -0.39 is 0 Å². The second-order valence-electron chi connectivity index (χ2n) is 5.81. The summed E-state index contributed by atoms with van der Waals surface area (Å²) in [7, 11) is 0. The topological polar surface area (TPSA) is 76.8 Å². The molecule has 0 saturated heterocycles. The predicted octanol–water partition coefficient (Wildman–Crippen LogP) is 4.10. The molecule has 0 spiro atoms. The van der Waals surface area contributed by atoms with E-state index in [0.717, 1.165) is 17.1 Å². The smallest absolute Gasteiger partial charge is 0.230 e. The van der Waals surface area contributed by atoms with Crippen LogP contribution in [-0.2, 0) is 10.5 Å². The van der Waals surface area contributed by atoms with E-state index in [-0.39, 0.29) is 5.91 Å². The Kier molecular flexibility index (Phi) is 5.45. The number of aromatic nitrogens is 5. The Bertz CT molecular complexity index is 1060. The van der Waals surface area contributed by atoms with Crippen LogP contribution in [0.1, 0.15) is 12.6 Å². The highest BCUT2D eigenvalue weighted by Crippen LogP contribution is 2.31. The van der Waals surface area contributed by atoms with Crippen LogP contribution >= 0.6 is 23.1 Å². The minimum atomic E-state index is -0.0761. The first-order chi connectivity index (χ1) is 13.7. The molecule has 140 valence electrons. The number of benzene rings is 2. The normalized spacial score (nSPS) is 10.8. The third-order valence-corrected chi connectivity index (χ3v) is 5.68. The molecule has 0 aliphatic rings. The molecule has 2 aromatic heterocycles. The fourth-order valence-corrected chi connectivity index (χ4v) is 4.38. The Morgan fingerprint density at radius 3 is 2.54 bits per heavy atom. The molecule has 2 aromatic carbocycles. The number of tetrazole rings is 1. The van der Waals surface area contributed by atoms with Crippen molar-refractivity contribution in [2.45, 2.75) is 17.8 Å². The molecule has 9 heteroatoms. The van der Waals surface area contributed by atoms with Crippen molar-refractivity contribution in [1.29, 1.82) is 0 Å². The zero-order valence-electron chi connectivity index (χ0n) is 15.0. The Balaban J connectivity index is 1.50. The zero-order valence-corrected chi connectivity index (χ0v) is 16.6. The SMILES string of the molecule is CC(=O)N(c1ccccc1)c1nc(CSc2nnnn2-c2ccccc2)cs1. The Labute approximate surface area is 170 Å². The first kappa shape index (κ1) is 18.3. The second kappa shape index (κ2) is 8.32. The van der Waals surface area contributed by atoms with Gasteiger partial charge < -0.3 is 0 Å². The summed E-state index contributed by atoms with van der Waals surface area (Å²) in [6.45, 7) is 1.54. The number of thiazole rings is 1. The maximum Gasteiger partial charge on any atom is 0.230 e. The summed E-state index contributed by atoms with van der Waals surface area (Å²) in [5, 5.41) is 15.2. The van der Waals surface area contributed by atoms with Gasteiger partial charge in [0.15, 0.2) is 5.13 Å². The molecular formula is C19H16N6OS2. The van der Waals surface area contributed by atoms with E-state index in [0.29, 0.717) is 16.0 Å². The summed E-state index contributed by atoms with van der Waals surface area (Å²) < 4.78 is 1.70. The van der Waals surface area contributed by atoms with E-state index in [1.165, 1.54) is 30.0 Å². The monoisotopic (exact) mass is 408 g/mol. The first-order valence-corrected chi connectivity index (χ1v) is 10.4. The average molecular weight is 409 g/mol. The number of nitrogens with zero attached hydrogens (tertiary/aromatic N) is 6. The van der Waals surface area contributed by atoms with Gasteiger partial charge in [-0.1, -0.05) is 48.2 Å². The molecule has 0 aliphatic carbocycles. The van der Waals surface area contributed by atoms with Gasteiger partial charge in [-0.2, -0.15) is 4.68 Å². The van der Waals surface area contributed by atoms with E-state index in [1.807, 2.05) is 66.0 Å². The first-order valence-electron chi connectivity index (χ1n) is 8.49. The maximum absolute atomic E-state index is 12.2. The van der Waals surface area contributed by atoms with Crippen LogP contribution in [0.15, 0.2) is 71.2 Å². The van der Waals surface area contributed by atoms with Crippen LogP contribution in [0, 0.1) is 0 Å². The molecule has 0 unspecified atom stereocenters. The van der Waals surface area contributed by atoms with Crippen LogP contribution in [0.3, 0.4) is 0 Å². The van der Waals surface area contributed by atoms with E-state index >= 15 is 0 Å². The molecule has 4 aromatic rings. The van der Waals surface area contributed by atoms with Crippen molar-refractivity contribution >= 4 is 39.8 Å². The van der Waals surface area contributed by atoms with E-state index in [4.69, 9.17) is 0 Å². The van der Waals surface area contributed by atoms with E-state index in [9.17, 15) is 4.79 Å². The quantitative estimate of drug-likeness (QED) is 0.447. The lowest BCUT2D eigenvalue weighted by Gasteiger charge is -2.17. The van der Waals surface area contributed by atoms with Crippen molar-refractivity contribution in [2.24, 2.45) is 0 Å². The lowest BCUT2D eigenvalue weighted by Crippen LogP contribution is -2.22. The minimum Gasteiger partial charge on any atom is -0.274 e. The molecule has 0 atom stereocenters. The predicted molar refractivity (Wildman–Crippen MR) is 110 cm³/mol. The van der Waals surface area contributed by atoms with Gasteiger partial charge in [0.05, 0.1) is 17.1 Å². The Morgan fingerprint density at radius 2 is 1.82 bits per heavy atom. The number of thioether (sulfide) groups is 1. The van der Waals surface area contributed by atoms with Gasteiger partial charge in [-0.15, -0.1) is 16.4 Å². The number of hydrogen-bond acceptors (Lipinski definition) is 7. The summed E-state index contributed by atoms with van der Waals surface area (Å²) >= 11 is 2.94. The number of carbonyl (C=O) groups is 1. The van der Waals surface area contributed by atoms with Gasteiger partial charge in [0.25, 0.3) is 0 Å². The van der Waals surface area contributed by atoms with Crippen molar-refractivity contribution in [3.8, 4) is 5.69 Å². The Hall–Kier alpha value is -3.04. The number of rotatable bonds is 6. The van der Waals surface area contributed by atoms with Crippen molar-refractivity contribution < 1.29 is 4.79 Å². The highest BCUT2D eigenvalue weighted by Gasteiger charge is 2.18. The van der Waals surface area contributed by atoms with E-state index in [2.05, 4.69) is 20.5 Å². The number of hydrogen-bond donors (Lipinski definition) is 0. The van der Waals surface area contributed by atoms with Gasteiger partial charge in [0.1, 0.15) is 0 Å². The molecule has 28 heavy (non-hydrogen) atoms. The van der Waals surface area contributed by atoms with Gasteiger partial charge in [0.2, 0.25) is 11.1 Å². The van der Waals surface area contributed by atoms with E-state index in [1.54, 1.807) is 9.58 Å². The number of amides is 1. The molecule has 0 N–H and O–H groups in total. The fourth-order valence-electron chi connectivity index (χ4n) is 2.61. The molecule has 0 radical (unpaired) electrons. The maximum atomic E-state index is 12.2. The standard InChI is InChI=1S/C19H16N6OS2/c1-14(26)24(16-8-4-2-5-9-16)18-20-15(12-27-18)13-28-19-21-22-23-25(19)17-10-6-3-7-11-17/h2-12H,13H2,1H3. The van der Waals surface area contributed by atoms with Crippen LogP contribution in [0.2, 0.25) is 0 Å². The van der Waals surface area contributed by atoms with Crippen molar-refractivity contribution in [2.75, 3.05) is 4.90 Å². The minimum absolute atomic E-state index is 0.0761. The third-order valence-electron chi connectivity index (χ3n) is 3.85. The number of anilines is 2. The molecule has 0 bridgehead atoms. The second-order valence-corrected chi connectivity index (χ2v) is 7.59. The molecule has 0 aliphatic heterocycles. The van der Waals surface area contributed by atoms with Gasteiger partial charge >= 0.3 is 0 Å². The lowest BCUT2D eigenvalue weighted by atomic mass is 10.3. The zero-order chi connectivity index (χ0) is 19.3. The Morgan fingerprint density at radius 1 is 1.11 bits per heavy atom. The molecule has 7 nitrogen and oxygen atoms in total. The van der Waals surface area contributed by atoms with Crippen molar-refractivity contribution in [3.05, 3.63) is 71.7 Å². The molecule has 1 amide bonds. The van der Waals surface area contributed by atoms with Crippen LogP contribution < -0.4 is 4.90 Å². The largest absolute Gasteiger partial charge is 0.274 e. The third kappa shape index (κ3) is 3.95. The van der Waals surface area contributed by atoms with Crippen LogP contribution in [0.25, 0.3) is 5.69 Å². The lowest BCUT2D eigenvalue weighted by molar-refractivity contribution is -0.115. The van der Waals surface area contributed by atoms with Gasteiger partial charge in [-0.05, 0) is 34.7 Å². The average Bonchev–Trinajstić information content (AvgIpc) is 3.37. The number of carbonyl (C=O) groups excluding carboxylic acids is 1. The molecule has 2 heterocycles. The fraction of sp³-hybridized carbons (Fsp3) is 0.105. The summed E-state index contributed by atoms with van der Waals surface area (Å²) in [5.74, 6) is 0.525. The highest BCUT2D eigenvalue weighted by molar-refractivity contribution is 7.98. The van der Waals surface area contributed by atoms with Crippen molar-refractivity contribution in [3.63, 3.8) is 0 Å². The molecular weight excluding hydrogens is 392 g/mol. The molecule has 0 saturated carbocycles. The summed E-state index contributed by atoms with van der Waals surface area (Å²) in [6, 6.07) is 19.2. The highest BCUT2D eigenvalue weighted by atomic mass is 32.2. The van der Waals surface area contributed by atoms with Gasteiger partial charge in [-0.25, -0.2) is 4.98 Å². The van der Waals surface area contributed by atoms with Crippen molar-refractivity contribution in [1.82, 2.24) is 25.2 Å².